The first-order chi connectivity index (χ1) is 17.0. The first-order valence-corrected chi connectivity index (χ1v) is 11.9. The Morgan fingerprint density at radius 1 is 0.829 bits per heavy atom. The lowest BCUT2D eigenvalue weighted by molar-refractivity contribution is 0.0529. The van der Waals surface area contributed by atoms with Crippen molar-refractivity contribution in [2.24, 2.45) is 0 Å². The quantitative estimate of drug-likeness (QED) is 0.286. The number of amides is 1. The minimum Gasteiger partial charge on any atom is -0.493 e. The number of esters is 1. The molecule has 0 aliphatic carbocycles. The van der Waals surface area contributed by atoms with Crippen molar-refractivity contribution >= 4 is 28.2 Å². The van der Waals surface area contributed by atoms with Crippen LogP contribution in [0.3, 0.4) is 0 Å². The Labute approximate surface area is 208 Å². The molecule has 178 valence electrons. The second-order valence-corrected chi connectivity index (χ2v) is 8.42. The Bertz CT molecular complexity index is 1330. The Morgan fingerprint density at radius 3 is 2.14 bits per heavy atom. The van der Waals surface area contributed by atoms with Gasteiger partial charge in [-0.2, -0.15) is 0 Å². The van der Waals surface area contributed by atoms with Gasteiger partial charge in [0.05, 0.1) is 20.8 Å². The molecule has 1 heterocycles. The molecule has 1 amide bonds. The molecule has 0 aliphatic heterocycles. The van der Waals surface area contributed by atoms with Gasteiger partial charge in [-0.15, -0.1) is 11.3 Å². The number of methoxy groups -OCH3 is 2. The van der Waals surface area contributed by atoms with Gasteiger partial charge in [-0.3, -0.25) is 4.79 Å². The van der Waals surface area contributed by atoms with Gasteiger partial charge >= 0.3 is 5.97 Å². The highest BCUT2D eigenvalue weighted by Crippen LogP contribution is 2.39. The van der Waals surface area contributed by atoms with Gasteiger partial charge in [-0.1, -0.05) is 48.5 Å². The maximum Gasteiger partial charge on any atom is 0.341 e. The van der Waals surface area contributed by atoms with E-state index in [2.05, 4.69) is 5.32 Å². The van der Waals surface area contributed by atoms with Crippen LogP contribution in [0.1, 0.15) is 27.6 Å². The standard InChI is InChI=1S/C28H25NO5S/c1-4-34-28(31)25-22(21-14-15-23(32-2)24(16-21)33-3)17-35-27(25)29-26(30)20-12-10-19(11-13-20)18-8-6-5-7-9-18/h5-17H,4H2,1-3H3,(H,29,30). The number of hydrogen-bond donors (Lipinski definition) is 1. The summed E-state index contributed by atoms with van der Waals surface area (Å²) in [4.78, 5) is 25.9. The van der Waals surface area contributed by atoms with Gasteiger partial charge in [0.2, 0.25) is 0 Å². The van der Waals surface area contributed by atoms with Gasteiger partial charge in [-0.05, 0) is 47.9 Å². The highest BCUT2D eigenvalue weighted by molar-refractivity contribution is 7.15. The molecule has 0 saturated carbocycles. The fraction of sp³-hybridized carbons (Fsp3) is 0.143. The van der Waals surface area contributed by atoms with Crippen molar-refractivity contribution in [3.63, 3.8) is 0 Å². The second-order valence-electron chi connectivity index (χ2n) is 7.54. The summed E-state index contributed by atoms with van der Waals surface area (Å²) in [5.74, 6) is 0.302. The van der Waals surface area contributed by atoms with Gasteiger partial charge < -0.3 is 19.5 Å². The molecular weight excluding hydrogens is 462 g/mol. The molecule has 1 aromatic heterocycles. The van der Waals surface area contributed by atoms with E-state index in [0.717, 1.165) is 16.7 Å². The van der Waals surface area contributed by atoms with Crippen molar-refractivity contribution < 1.29 is 23.8 Å². The summed E-state index contributed by atoms with van der Waals surface area (Å²) in [6.07, 6.45) is 0. The second kappa shape index (κ2) is 10.9. The summed E-state index contributed by atoms with van der Waals surface area (Å²) in [6, 6.07) is 22.7. The zero-order chi connectivity index (χ0) is 24.8. The third-order valence-corrected chi connectivity index (χ3v) is 6.34. The number of carbonyl (C=O) groups is 2. The third-order valence-electron chi connectivity index (χ3n) is 5.45. The highest BCUT2D eigenvalue weighted by Gasteiger charge is 2.24. The molecule has 0 saturated heterocycles. The van der Waals surface area contributed by atoms with Crippen molar-refractivity contribution in [1.82, 2.24) is 0 Å². The van der Waals surface area contributed by atoms with E-state index in [4.69, 9.17) is 14.2 Å². The molecule has 6 nitrogen and oxygen atoms in total. The molecule has 7 heteroatoms. The number of anilines is 1. The minimum atomic E-state index is -0.506. The van der Waals surface area contributed by atoms with Crippen LogP contribution in [0.2, 0.25) is 0 Å². The van der Waals surface area contributed by atoms with Crippen LogP contribution in [-0.2, 0) is 4.74 Å². The molecule has 4 aromatic rings. The molecule has 0 spiro atoms. The fourth-order valence-corrected chi connectivity index (χ4v) is 4.64. The first-order valence-electron chi connectivity index (χ1n) is 11.0. The molecule has 3 aromatic carbocycles. The molecular formula is C28H25NO5S. The van der Waals surface area contributed by atoms with Crippen LogP contribution in [0.25, 0.3) is 22.3 Å². The maximum absolute atomic E-state index is 13.0. The molecule has 0 bridgehead atoms. The average molecular weight is 488 g/mol. The monoisotopic (exact) mass is 487 g/mol. The summed E-state index contributed by atoms with van der Waals surface area (Å²) in [7, 11) is 3.11. The first kappa shape index (κ1) is 24.0. The van der Waals surface area contributed by atoms with Crippen molar-refractivity contribution in [3.8, 4) is 33.8 Å². The van der Waals surface area contributed by atoms with Gasteiger partial charge in [-0.25, -0.2) is 4.79 Å². The minimum absolute atomic E-state index is 0.217. The van der Waals surface area contributed by atoms with Gasteiger partial charge in [0.25, 0.3) is 5.91 Å². The third kappa shape index (κ3) is 5.20. The number of hydrogen-bond acceptors (Lipinski definition) is 6. The van der Waals surface area contributed by atoms with Gasteiger partial charge in [0.15, 0.2) is 11.5 Å². The van der Waals surface area contributed by atoms with E-state index in [1.165, 1.54) is 11.3 Å². The highest BCUT2D eigenvalue weighted by atomic mass is 32.1. The Hall–Kier alpha value is -4.10. The van der Waals surface area contributed by atoms with Crippen LogP contribution < -0.4 is 14.8 Å². The average Bonchev–Trinajstić information content (AvgIpc) is 3.32. The molecule has 4 rings (SSSR count). The smallest absolute Gasteiger partial charge is 0.341 e. The number of nitrogens with one attached hydrogen (secondary N) is 1. The normalized spacial score (nSPS) is 10.5. The summed E-state index contributed by atoms with van der Waals surface area (Å²) < 4.78 is 16.0. The molecule has 35 heavy (non-hydrogen) atoms. The predicted molar refractivity (Wildman–Crippen MR) is 139 cm³/mol. The lowest BCUT2D eigenvalue weighted by atomic mass is 10.0. The van der Waals surface area contributed by atoms with Crippen LogP contribution in [0.5, 0.6) is 11.5 Å². The fourth-order valence-electron chi connectivity index (χ4n) is 3.69. The largest absolute Gasteiger partial charge is 0.493 e. The lowest BCUT2D eigenvalue weighted by Crippen LogP contribution is -2.14. The summed E-state index contributed by atoms with van der Waals surface area (Å²) in [5, 5.41) is 5.13. The van der Waals surface area contributed by atoms with E-state index >= 15 is 0 Å². The van der Waals surface area contributed by atoms with Crippen LogP contribution >= 0.6 is 11.3 Å². The molecule has 0 unspecified atom stereocenters. The number of benzene rings is 3. The Kier molecular flexibility index (Phi) is 7.48. The van der Waals surface area contributed by atoms with E-state index < -0.39 is 5.97 Å². The van der Waals surface area contributed by atoms with Crippen molar-refractivity contribution in [3.05, 3.63) is 89.3 Å². The Balaban J connectivity index is 1.64. The van der Waals surface area contributed by atoms with Crippen molar-refractivity contribution in [1.29, 1.82) is 0 Å². The molecule has 0 aliphatic rings. The van der Waals surface area contributed by atoms with E-state index in [0.29, 0.717) is 33.2 Å². The van der Waals surface area contributed by atoms with E-state index in [1.807, 2.05) is 53.9 Å². The molecule has 0 radical (unpaired) electrons. The SMILES string of the molecule is CCOC(=O)c1c(-c2ccc(OC)c(OC)c2)csc1NC(=O)c1ccc(-c2ccccc2)cc1. The number of thiophene rings is 1. The number of carbonyl (C=O) groups excluding carboxylic acids is 2. The van der Waals surface area contributed by atoms with Crippen LogP contribution in [-0.4, -0.2) is 32.7 Å². The molecule has 0 atom stereocenters. The topological polar surface area (TPSA) is 73.9 Å². The van der Waals surface area contributed by atoms with Crippen molar-refractivity contribution in [2.75, 3.05) is 26.1 Å². The summed E-state index contributed by atoms with van der Waals surface area (Å²) >= 11 is 1.27. The molecule has 0 fully saturated rings. The summed E-state index contributed by atoms with van der Waals surface area (Å²) in [6.45, 7) is 1.96. The van der Waals surface area contributed by atoms with Crippen LogP contribution in [0.4, 0.5) is 5.00 Å². The van der Waals surface area contributed by atoms with Crippen molar-refractivity contribution in [2.45, 2.75) is 6.92 Å². The van der Waals surface area contributed by atoms with Gasteiger partial charge in [0.1, 0.15) is 10.6 Å². The van der Waals surface area contributed by atoms with E-state index in [-0.39, 0.29) is 12.5 Å². The Morgan fingerprint density at radius 2 is 1.49 bits per heavy atom. The predicted octanol–water partition coefficient (Wildman–Crippen LogP) is 6.53. The van der Waals surface area contributed by atoms with E-state index in [1.54, 1.807) is 45.4 Å². The van der Waals surface area contributed by atoms with Crippen LogP contribution in [0.15, 0.2) is 78.2 Å². The summed E-state index contributed by atoms with van der Waals surface area (Å²) in [5.41, 5.74) is 4.26. The van der Waals surface area contributed by atoms with Crippen LogP contribution in [0, 0.1) is 0 Å². The van der Waals surface area contributed by atoms with E-state index in [9.17, 15) is 9.59 Å². The number of rotatable bonds is 8. The lowest BCUT2D eigenvalue weighted by Gasteiger charge is -2.11. The zero-order valence-electron chi connectivity index (χ0n) is 19.7. The number of ether oxygens (including phenoxy) is 3. The molecule has 1 N–H and O–H groups in total. The maximum atomic E-state index is 13.0. The van der Waals surface area contributed by atoms with Gasteiger partial charge in [0, 0.05) is 16.5 Å². The zero-order valence-corrected chi connectivity index (χ0v) is 20.5.